The number of nitrogens with one attached hydrogen (secondary N) is 1. The lowest BCUT2D eigenvalue weighted by atomic mass is 10.0. The van der Waals surface area contributed by atoms with E-state index >= 15 is 0 Å². The number of fused-ring (bicyclic) bond motifs is 2. The fourth-order valence-corrected chi connectivity index (χ4v) is 4.70. The minimum atomic E-state index is -0.388. The second-order valence-corrected chi connectivity index (χ2v) is 9.53. The Hall–Kier alpha value is -4.23. The second-order valence-electron chi connectivity index (χ2n) is 9.53. The molecule has 1 aliphatic heterocycles. The fraction of sp³-hybridized carbons (Fsp3) is 0.233. The molecule has 0 unspecified atom stereocenters. The number of carbonyl (C=O) groups excluding carboxylic acids is 3. The van der Waals surface area contributed by atoms with Crippen LogP contribution in [0.5, 0.6) is 0 Å². The number of nitrogens with zero attached hydrogens (tertiary/aromatic N) is 2. The number of esters is 1. The first-order chi connectivity index (χ1) is 17.9. The van der Waals surface area contributed by atoms with Crippen LogP contribution in [0.25, 0.3) is 10.9 Å². The van der Waals surface area contributed by atoms with Crippen molar-refractivity contribution in [2.24, 2.45) is 0 Å². The fourth-order valence-electron chi connectivity index (χ4n) is 4.70. The minimum absolute atomic E-state index is 0.202. The van der Waals surface area contributed by atoms with Crippen LogP contribution in [0.4, 0.5) is 0 Å². The summed E-state index contributed by atoms with van der Waals surface area (Å²) in [6.45, 7) is 1.26. The van der Waals surface area contributed by atoms with Crippen LogP contribution >= 0.6 is 0 Å². The molecule has 0 radical (unpaired) electrons. The normalized spacial score (nSPS) is 13.0. The molecule has 7 nitrogen and oxygen atoms in total. The van der Waals surface area contributed by atoms with Gasteiger partial charge in [0.1, 0.15) is 12.3 Å². The standard InChI is InChI=1S/C30H29N3O4/c1-32(2)16-15-22-25-18-20(14-17-33-28(34)23-10-6-7-11-24(23)29(33)35)12-13-26(25)31-27(22)30(36)37-19-21-8-4-3-5-9-21/h3-13,18,31H,14-17,19H2,1-2H3. The predicted molar refractivity (Wildman–Crippen MR) is 142 cm³/mol. The number of aromatic nitrogens is 1. The van der Waals surface area contributed by atoms with E-state index in [4.69, 9.17) is 4.74 Å². The molecule has 0 aliphatic carbocycles. The number of carbonyl (C=O) groups is 3. The maximum absolute atomic E-state index is 13.1. The largest absolute Gasteiger partial charge is 0.456 e. The number of rotatable bonds is 9. The Morgan fingerprint density at radius 1 is 0.865 bits per heavy atom. The van der Waals surface area contributed by atoms with Crippen molar-refractivity contribution in [2.45, 2.75) is 19.4 Å². The van der Waals surface area contributed by atoms with Gasteiger partial charge in [-0.05, 0) is 67.9 Å². The molecule has 0 fully saturated rings. The van der Waals surface area contributed by atoms with Crippen LogP contribution in [0.1, 0.15) is 47.9 Å². The third-order valence-electron chi connectivity index (χ3n) is 6.70. The molecule has 188 valence electrons. The van der Waals surface area contributed by atoms with Gasteiger partial charge in [-0.1, -0.05) is 48.5 Å². The zero-order chi connectivity index (χ0) is 25.9. The van der Waals surface area contributed by atoms with Gasteiger partial charge in [0.15, 0.2) is 0 Å². The zero-order valence-corrected chi connectivity index (χ0v) is 21.0. The molecule has 1 aromatic heterocycles. The van der Waals surface area contributed by atoms with Gasteiger partial charge in [0.05, 0.1) is 11.1 Å². The molecule has 0 bridgehead atoms. The molecule has 4 aromatic rings. The maximum atomic E-state index is 13.1. The maximum Gasteiger partial charge on any atom is 0.355 e. The first kappa shape index (κ1) is 24.5. The van der Waals surface area contributed by atoms with Crippen LogP contribution in [0.15, 0.2) is 72.8 Å². The van der Waals surface area contributed by atoms with E-state index in [-0.39, 0.29) is 24.4 Å². The van der Waals surface area contributed by atoms with Gasteiger partial charge in [-0.2, -0.15) is 0 Å². The van der Waals surface area contributed by atoms with Gasteiger partial charge in [-0.3, -0.25) is 14.5 Å². The van der Waals surface area contributed by atoms with Crippen molar-refractivity contribution in [3.8, 4) is 0 Å². The van der Waals surface area contributed by atoms with Crippen molar-refractivity contribution < 1.29 is 19.1 Å². The Labute approximate surface area is 215 Å². The summed E-state index contributed by atoms with van der Waals surface area (Å²) in [5, 5.41) is 0.952. The summed E-state index contributed by atoms with van der Waals surface area (Å²) in [6.07, 6.45) is 1.19. The molecule has 1 N–H and O–H groups in total. The monoisotopic (exact) mass is 495 g/mol. The van der Waals surface area contributed by atoms with Crippen LogP contribution in [0, 0.1) is 0 Å². The number of ether oxygens (including phenoxy) is 1. The first-order valence-corrected chi connectivity index (χ1v) is 12.4. The summed E-state index contributed by atoms with van der Waals surface area (Å²) < 4.78 is 5.63. The van der Waals surface area contributed by atoms with Crippen molar-refractivity contribution in [3.63, 3.8) is 0 Å². The number of amides is 2. The van der Waals surface area contributed by atoms with Crippen LogP contribution in [0.2, 0.25) is 0 Å². The summed E-state index contributed by atoms with van der Waals surface area (Å²) in [7, 11) is 3.99. The summed E-state index contributed by atoms with van der Waals surface area (Å²) in [6, 6.07) is 22.5. The van der Waals surface area contributed by atoms with E-state index in [0.717, 1.165) is 34.1 Å². The van der Waals surface area contributed by atoms with Crippen LogP contribution in [-0.2, 0) is 24.2 Å². The van der Waals surface area contributed by atoms with Gasteiger partial charge < -0.3 is 14.6 Å². The molecular weight excluding hydrogens is 466 g/mol. The molecule has 3 aromatic carbocycles. The van der Waals surface area contributed by atoms with Crippen molar-refractivity contribution in [3.05, 3.63) is 106 Å². The molecular formula is C30H29N3O4. The Morgan fingerprint density at radius 2 is 1.54 bits per heavy atom. The van der Waals surface area contributed by atoms with Gasteiger partial charge >= 0.3 is 5.97 Å². The molecule has 1 aliphatic rings. The number of likely N-dealkylation sites (N-methyl/N-ethyl adjacent to an activating group) is 1. The minimum Gasteiger partial charge on any atom is -0.456 e. The number of benzene rings is 3. The van der Waals surface area contributed by atoms with E-state index in [2.05, 4.69) is 9.88 Å². The molecule has 0 saturated heterocycles. The van der Waals surface area contributed by atoms with Gasteiger partial charge in [-0.15, -0.1) is 0 Å². The van der Waals surface area contributed by atoms with Crippen molar-refractivity contribution >= 4 is 28.7 Å². The molecule has 37 heavy (non-hydrogen) atoms. The average Bonchev–Trinajstić information content (AvgIpc) is 3.39. The van der Waals surface area contributed by atoms with E-state index in [1.54, 1.807) is 24.3 Å². The molecule has 2 amide bonds. The molecule has 0 spiro atoms. The highest BCUT2D eigenvalue weighted by atomic mass is 16.5. The van der Waals surface area contributed by atoms with Crippen LogP contribution in [-0.4, -0.2) is 59.8 Å². The molecule has 0 saturated carbocycles. The van der Waals surface area contributed by atoms with E-state index in [1.165, 1.54) is 4.90 Å². The topological polar surface area (TPSA) is 82.7 Å². The quantitative estimate of drug-likeness (QED) is 0.274. The third-order valence-corrected chi connectivity index (χ3v) is 6.70. The second kappa shape index (κ2) is 10.4. The van der Waals surface area contributed by atoms with Gasteiger partial charge in [0.25, 0.3) is 11.8 Å². The smallest absolute Gasteiger partial charge is 0.355 e. The van der Waals surface area contributed by atoms with Crippen molar-refractivity contribution in [1.29, 1.82) is 0 Å². The predicted octanol–water partition coefficient (Wildman–Crippen LogP) is 4.47. The lowest BCUT2D eigenvalue weighted by Gasteiger charge is -2.14. The number of hydrogen-bond acceptors (Lipinski definition) is 5. The lowest BCUT2D eigenvalue weighted by molar-refractivity contribution is 0.0464. The van der Waals surface area contributed by atoms with Gasteiger partial charge in [0.2, 0.25) is 0 Å². The zero-order valence-electron chi connectivity index (χ0n) is 21.0. The number of H-pyrrole nitrogens is 1. The van der Waals surface area contributed by atoms with Crippen molar-refractivity contribution in [1.82, 2.24) is 14.8 Å². The molecule has 2 heterocycles. The highest BCUT2D eigenvalue weighted by Gasteiger charge is 2.34. The number of hydrogen-bond donors (Lipinski definition) is 1. The highest BCUT2D eigenvalue weighted by Crippen LogP contribution is 2.27. The number of aromatic amines is 1. The summed E-state index contributed by atoms with van der Waals surface area (Å²) in [5.41, 5.74) is 5.05. The van der Waals surface area contributed by atoms with Gasteiger partial charge in [-0.25, -0.2) is 4.79 Å². The average molecular weight is 496 g/mol. The van der Waals surface area contributed by atoms with E-state index < -0.39 is 0 Å². The Balaban J connectivity index is 1.37. The summed E-state index contributed by atoms with van der Waals surface area (Å²) >= 11 is 0. The van der Waals surface area contributed by atoms with E-state index in [0.29, 0.717) is 36.2 Å². The Bertz CT molecular complexity index is 1440. The molecule has 7 heteroatoms. The summed E-state index contributed by atoms with van der Waals surface area (Å²) in [4.78, 5) is 45.2. The lowest BCUT2D eigenvalue weighted by Crippen LogP contribution is -2.31. The van der Waals surface area contributed by atoms with Crippen LogP contribution < -0.4 is 0 Å². The van der Waals surface area contributed by atoms with E-state index in [9.17, 15) is 14.4 Å². The van der Waals surface area contributed by atoms with Crippen molar-refractivity contribution in [2.75, 3.05) is 27.2 Å². The van der Waals surface area contributed by atoms with Gasteiger partial charge in [0, 0.05) is 24.0 Å². The SMILES string of the molecule is CN(C)CCc1c(C(=O)OCc2ccccc2)[nH]c2ccc(CCN3C(=O)c4ccccc4C3=O)cc12. The van der Waals surface area contributed by atoms with E-state index in [1.807, 2.05) is 62.6 Å². The number of imide groups is 1. The first-order valence-electron chi connectivity index (χ1n) is 12.4. The molecule has 5 rings (SSSR count). The summed E-state index contributed by atoms with van der Waals surface area (Å²) in [5.74, 6) is -0.890. The highest BCUT2D eigenvalue weighted by molar-refractivity contribution is 6.21. The Kier molecular flexibility index (Phi) is 6.88. The third kappa shape index (κ3) is 5.04. The van der Waals surface area contributed by atoms with Crippen LogP contribution in [0.3, 0.4) is 0 Å². The Morgan fingerprint density at radius 3 is 2.22 bits per heavy atom. The molecule has 0 atom stereocenters.